The van der Waals surface area contributed by atoms with Crippen LogP contribution in [0, 0.1) is 26.7 Å². The van der Waals surface area contributed by atoms with Crippen molar-refractivity contribution < 1.29 is 0 Å². The lowest BCUT2D eigenvalue weighted by atomic mass is 9.93. The van der Waals surface area contributed by atoms with Gasteiger partial charge in [0.1, 0.15) is 0 Å². The van der Waals surface area contributed by atoms with Crippen LogP contribution in [0.1, 0.15) is 76.0 Å². The molecule has 2 rings (SSSR count). The molecule has 1 unspecified atom stereocenters. The molecule has 1 aromatic carbocycles. The molecular weight excluding hydrogens is 304 g/mol. The lowest BCUT2D eigenvalue weighted by molar-refractivity contribution is 0.648. The molecular formula is C23H36Si. The highest BCUT2D eigenvalue weighted by molar-refractivity contribution is 6.62. The van der Waals surface area contributed by atoms with Crippen LogP contribution in [0.25, 0.3) is 0 Å². The molecule has 1 aromatic rings. The van der Waals surface area contributed by atoms with E-state index in [9.17, 15) is 0 Å². The summed E-state index contributed by atoms with van der Waals surface area (Å²) in [6.07, 6.45) is 10.6. The molecule has 0 radical (unpaired) electrons. The summed E-state index contributed by atoms with van der Waals surface area (Å²) in [7, 11) is -0.321. The first-order valence-corrected chi connectivity index (χ1v) is 11.4. The molecule has 132 valence electrons. The topological polar surface area (TPSA) is 0 Å². The number of rotatable bonds is 8. The van der Waals surface area contributed by atoms with E-state index in [-0.39, 0.29) is 9.52 Å². The van der Waals surface area contributed by atoms with Crippen LogP contribution in [0.4, 0.5) is 0 Å². The molecule has 0 N–H and O–H groups in total. The van der Waals surface area contributed by atoms with Crippen molar-refractivity contribution in [3.8, 4) is 0 Å². The summed E-state index contributed by atoms with van der Waals surface area (Å²) in [5.74, 6) is 0.730. The number of hydrogen-bond acceptors (Lipinski definition) is 0. The Morgan fingerprint density at radius 3 is 2.29 bits per heavy atom. The Morgan fingerprint density at radius 1 is 1.04 bits per heavy atom. The van der Waals surface area contributed by atoms with E-state index in [4.69, 9.17) is 0 Å². The Bertz CT molecular complexity index is 610. The highest BCUT2D eigenvalue weighted by Crippen LogP contribution is 2.34. The smallest absolute Gasteiger partial charge is 0.0783 e. The number of unbranched alkanes of at least 4 members (excludes halogenated alkanes) is 2. The van der Waals surface area contributed by atoms with Gasteiger partial charge in [0, 0.05) is 0 Å². The fourth-order valence-corrected chi connectivity index (χ4v) is 6.07. The van der Waals surface area contributed by atoms with E-state index in [1.807, 2.05) is 0 Å². The van der Waals surface area contributed by atoms with Crippen molar-refractivity contribution in [1.82, 2.24) is 0 Å². The average molecular weight is 341 g/mol. The Morgan fingerprint density at radius 2 is 1.71 bits per heavy atom. The molecule has 24 heavy (non-hydrogen) atoms. The van der Waals surface area contributed by atoms with E-state index in [0.717, 1.165) is 5.92 Å². The standard InChI is InChI=1S/C23H36Si/c1-7-9-10-11-20-14-21(15-22(20)17(4)8-2)24-23-18(5)12-16(3)13-19(23)6/h12-13,15,17H,7-11,14,24H2,1-6H3. The monoisotopic (exact) mass is 340 g/mol. The van der Waals surface area contributed by atoms with E-state index in [2.05, 4.69) is 59.8 Å². The molecule has 1 aliphatic rings. The highest BCUT2D eigenvalue weighted by Gasteiger charge is 2.20. The molecule has 0 bridgehead atoms. The van der Waals surface area contributed by atoms with Gasteiger partial charge in [-0.25, -0.2) is 0 Å². The Hall–Kier alpha value is -1.08. The van der Waals surface area contributed by atoms with Gasteiger partial charge in [0.05, 0.1) is 9.52 Å². The molecule has 0 fully saturated rings. The molecule has 0 nitrogen and oxygen atoms in total. The minimum absolute atomic E-state index is 0.321. The molecule has 0 saturated carbocycles. The highest BCUT2D eigenvalue weighted by atomic mass is 28.2. The summed E-state index contributed by atoms with van der Waals surface area (Å²) >= 11 is 0. The van der Waals surface area contributed by atoms with Crippen molar-refractivity contribution in [3.63, 3.8) is 0 Å². The third kappa shape index (κ3) is 4.72. The maximum Gasteiger partial charge on any atom is 0.0835 e. The average Bonchev–Trinajstić information content (AvgIpc) is 2.93. The van der Waals surface area contributed by atoms with Crippen LogP contribution in [0.2, 0.25) is 0 Å². The third-order valence-corrected chi connectivity index (χ3v) is 8.06. The van der Waals surface area contributed by atoms with Crippen molar-refractivity contribution in [3.05, 3.63) is 51.2 Å². The first kappa shape index (κ1) is 19.2. The van der Waals surface area contributed by atoms with Gasteiger partial charge in [0.15, 0.2) is 0 Å². The van der Waals surface area contributed by atoms with Crippen LogP contribution >= 0.6 is 0 Å². The molecule has 0 aliphatic heterocycles. The van der Waals surface area contributed by atoms with Crippen LogP contribution in [0.5, 0.6) is 0 Å². The maximum atomic E-state index is 2.61. The van der Waals surface area contributed by atoms with Crippen LogP contribution in [-0.4, -0.2) is 9.52 Å². The summed E-state index contributed by atoms with van der Waals surface area (Å²) in [6, 6.07) is 4.74. The second kappa shape index (κ2) is 8.85. The predicted octanol–water partition coefficient (Wildman–Crippen LogP) is 5.62. The van der Waals surface area contributed by atoms with Crippen LogP contribution < -0.4 is 5.19 Å². The van der Waals surface area contributed by atoms with Crippen LogP contribution in [0.15, 0.2) is 34.6 Å². The summed E-state index contributed by atoms with van der Waals surface area (Å²) in [4.78, 5) is 0. The van der Waals surface area contributed by atoms with Crippen molar-refractivity contribution in [1.29, 1.82) is 0 Å². The first-order chi connectivity index (χ1) is 11.5. The first-order valence-electron chi connectivity index (χ1n) is 9.94. The second-order valence-electron chi connectivity index (χ2n) is 7.86. The zero-order chi connectivity index (χ0) is 17.7. The van der Waals surface area contributed by atoms with Gasteiger partial charge in [-0.2, -0.15) is 0 Å². The van der Waals surface area contributed by atoms with Crippen molar-refractivity contribution in [2.24, 2.45) is 5.92 Å². The van der Waals surface area contributed by atoms with Gasteiger partial charge in [0.25, 0.3) is 0 Å². The van der Waals surface area contributed by atoms with Gasteiger partial charge in [-0.15, -0.1) is 0 Å². The lowest BCUT2D eigenvalue weighted by Crippen LogP contribution is -2.23. The quantitative estimate of drug-likeness (QED) is 0.426. The zero-order valence-corrected chi connectivity index (χ0v) is 18.2. The molecule has 0 spiro atoms. The van der Waals surface area contributed by atoms with Gasteiger partial charge in [-0.1, -0.05) is 84.5 Å². The van der Waals surface area contributed by atoms with Gasteiger partial charge >= 0.3 is 0 Å². The number of benzene rings is 1. The van der Waals surface area contributed by atoms with E-state index >= 15 is 0 Å². The minimum Gasteiger partial charge on any atom is -0.0783 e. The Kier molecular flexibility index (Phi) is 7.10. The van der Waals surface area contributed by atoms with Gasteiger partial charge in [-0.3, -0.25) is 0 Å². The minimum atomic E-state index is -0.321. The number of hydrogen-bond donors (Lipinski definition) is 0. The van der Waals surface area contributed by atoms with Crippen LogP contribution in [-0.2, 0) is 0 Å². The van der Waals surface area contributed by atoms with E-state index in [1.165, 1.54) is 55.2 Å². The molecule has 1 atom stereocenters. The Labute approximate surface area is 152 Å². The predicted molar refractivity (Wildman–Crippen MR) is 112 cm³/mol. The van der Waals surface area contributed by atoms with Gasteiger partial charge in [-0.05, 0) is 57.9 Å². The molecule has 0 amide bonds. The summed E-state index contributed by atoms with van der Waals surface area (Å²) in [5.41, 5.74) is 7.90. The SMILES string of the molecule is CCCCCC1=C(C(C)CC)C=C([SiH2]c2c(C)cc(C)cc2C)C1. The van der Waals surface area contributed by atoms with E-state index in [1.54, 1.807) is 21.5 Å². The lowest BCUT2D eigenvalue weighted by Gasteiger charge is -2.13. The van der Waals surface area contributed by atoms with Gasteiger partial charge < -0.3 is 0 Å². The van der Waals surface area contributed by atoms with Gasteiger partial charge in [0.2, 0.25) is 0 Å². The summed E-state index contributed by atoms with van der Waals surface area (Å²) in [6.45, 7) is 13.9. The Balaban J connectivity index is 2.16. The maximum absolute atomic E-state index is 2.61. The molecule has 0 saturated heterocycles. The van der Waals surface area contributed by atoms with Crippen LogP contribution in [0.3, 0.4) is 0 Å². The third-order valence-electron chi connectivity index (χ3n) is 5.68. The zero-order valence-electron chi connectivity index (χ0n) is 16.8. The molecule has 0 aromatic heterocycles. The van der Waals surface area contributed by atoms with Crippen molar-refractivity contribution in [2.75, 3.05) is 0 Å². The summed E-state index contributed by atoms with van der Waals surface area (Å²) < 4.78 is 0. The fourth-order valence-electron chi connectivity index (χ4n) is 4.11. The molecule has 1 aliphatic carbocycles. The number of allylic oxidation sites excluding steroid dienone is 4. The normalized spacial score (nSPS) is 16.3. The number of aryl methyl sites for hydroxylation is 3. The van der Waals surface area contributed by atoms with E-state index in [0.29, 0.717) is 0 Å². The van der Waals surface area contributed by atoms with Crippen molar-refractivity contribution >= 4 is 14.7 Å². The molecule has 0 heterocycles. The largest absolute Gasteiger partial charge is 0.0835 e. The summed E-state index contributed by atoms with van der Waals surface area (Å²) in [5, 5.41) is 3.46. The second-order valence-corrected chi connectivity index (χ2v) is 9.83. The molecule has 1 heteroatoms. The van der Waals surface area contributed by atoms with Crippen molar-refractivity contribution in [2.45, 2.75) is 80.1 Å². The fraction of sp³-hybridized carbons (Fsp3) is 0.565. The van der Waals surface area contributed by atoms with E-state index < -0.39 is 0 Å².